The molecule has 0 amide bonds. The van der Waals surface area contributed by atoms with Gasteiger partial charge in [-0.15, -0.1) is 0 Å². The van der Waals surface area contributed by atoms with Crippen LogP contribution in [-0.2, 0) is 0 Å². The lowest BCUT2D eigenvalue weighted by molar-refractivity contribution is 0.392. The predicted molar refractivity (Wildman–Crippen MR) is 82.7 cm³/mol. The highest BCUT2D eigenvalue weighted by Crippen LogP contribution is 2.44. The molecule has 2 fully saturated rings. The van der Waals surface area contributed by atoms with Crippen molar-refractivity contribution in [2.45, 2.75) is 31.7 Å². The zero-order valence-corrected chi connectivity index (χ0v) is 12.6. The largest absolute Gasteiger partial charge is 0.359 e. The number of halogens is 1. The van der Waals surface area contributed by atoms with Crippen LogP contribution in [0.2, 0.25) is 0 Å². The quantitative estimate of drug-likeness (QED) is 0.806. The molecule has 0 spiro atoms. The van der Waals surface area contributed by atoms with Crippen LogP contribution >= 0.6 is 28.1 Å². The fraction of sp³-hybridized carbons (Fsp3) is 0.500. The lowest BCUT2D eigenvalue weighted by atomic mass is 9.96. The maximum absolute atomic E-state index is 5.39. The molecule has 0 heterocycles. The summed E-state index contributed by atoms with van der Waals surface area (Å²) in [4.78, 5) is 0. The summed E-state index contributed by atoms with van der Waals surface area (Å²) < 4.78 is 1.07. The number of anilines is 1. The van der Waals surface area contributed by atoms with Gasteiger partial charge < -0.3 is 10.6 Å². The minimum Gasteiger partial charge on any atom is -0.359 e. The van der Waals surface area contributed by atoms with Crippen molar-refractivity contribution in [3.63, 3.8) is 0 Å². The van der Waals surface area contributed by atoms with Gasteiger partial charge in [-0.25, -0.2) is 0 Å². The molecule has 4 heteroatoms. The number of nitrogens with one attached hydrogen (secondary N) is 2. The summed E-state index contributed by atoms with van der Waals surface area (Å²) in [5.74, 6) is 1.79. The van der Waals surface area contributed by atoms with Gasteiger partial charge in [0.2, 0.25) is 0 Å². The molecule has 2 bridgehead atoms. The van der Waals surface area contributed by atoms with E-state index >= 15 is 0 Å². The molecule has 2 aliphatic carbocycles. The Kier molecular flexibility index (Phi) is 3.57. The van der Waals surface area contributed by atoms with Crippen molar-refractivity contribution in [3.05, 3.63) is 28.7 Å². The Hall–Kier alpha value is -0.610. The summed E-state index contributed by atoms with van der Waals surface area (Å²) in [6, 6.07) is 8.68. The molecule has 2 aliphatic rings. The topological polar surface area (TPSA) is 24.1 Å². The summed E-state index contributed by atoms with van der Waals surface area (Å²) in [6.07, 6.45) is 5.50. The average Bonchev–Trinajstić information content (AvgIpc) is 2.90. The van der Waals surface area contributed by atoms with E-state index in [4.69, 9.17) is 12.2 Å². The molecule has 3 atom stereocenters. The number of hydrogen-bond donors (Lipinski definition) is 2. The molecule has 2 N–H and O–H groups in total. The first-order chi connectivity index (χ1) is 8.70. The van der Waals surface area contributed by atoms with Crippen LogP contribution in [0.5, 0.6) is 0 Å². The van der Waals surface area contributed by atoms with E-state index in [1.54, 1.807) is 0 Å². The second-order valence-electron chi connectivity index (χ2n) is 5.39. The average molecular weight is 325 g/mol. The van der Waals surface area contributed by atoms with Gasteiger partial charge in [-0.3, -0.25) is 0 Å². The van der Waals surface area contributed by atoms with Gasteiger partial charge in [0.25, 0.3) is 0 Å². The first-order valence-electron chi connectivity index (χ1n) is 6.54. The van der Waals surface area contributed by atoms with Gasteiger partial charge in [-0.2, -0.15) is 0 Å². The molecule has 0 saturated heterocycles. The monoisotopic (exact) mass is 324 g/mol. The Bertz CT molecular complexity index is 463. The minimum atomic E-state index is 0.593. The summed E-state index contributed by atoms with van der Waals surface area (Å²) in [5.41, 5.74) is 1.03. The Morgan fingerprint density at radius 1 is 1.28 bits per heavy atom. The fourth-order valence-corrected chi connectivity index (χ4v) is 3.99. The first kappa shape index (κ1) is 12.4. The molecule has 0 aliphatic heterocycles. The third kappa shape index (κ3) is 2.69. The van der Waals surface area contributed by atoms with E-state index in [0.717, 1.165) is 27.1 Å². The van der Waals surface area contributed by atoms with E-state index in [-0.39, 0.29) is 0 Å². The zero-order valence-electron chi connectivity index (χ0n) is 10.2. The summed E-state index contributed by atoms with van der Waals surface area (Å²) in [7, 11) is 0. The highest BCUT2D eigenvalue weighted by Gasteiger charge is 2.39. The van der Waals surface area contributed by atoms with E-state index in [2.05, 4.69) is 26.6 Å². The SMILES string of the molecule is S=C(Nc1cccc(Br)c1)N[C@@H]1C[C@H]2CC[C@@H]1C2. The highest BCUT2D eigenvalue weighted by atomic mass is 79.9. The molecule has 2 saturated carbocycles. The van der Waals surface area contributed by atoms with Gasteiger partial charge >= 0.3 is 0 Å². The predicted octanol–water partition coefficient (Wildman–Crippen LogP) is 3.92. The van der Waals surface area contributed by atoms with Crippen LogP contribution in [0.3, 0.4) is 0 Å². The maximum Gasteiger partial charge on any atom is 0.171 e. The lowest BCUT2D eigenvalue weighted by Crippen LogP contribution is -2.40. The molecule has 1 aromatic rings. The number of benzene rings is 1. The van der Waals surface area contributed by atoms with Crippen LogP contribution < -0.4 is 10.6 Å². The van der Waals surface area contributed by atoms with Gasteiger partial charge in [-0.05, 0) is 61.5 Å². The minimum absolute atomic E-state index is 0.593. The molecule has 0 aromatic heterocycles. The van der Waals surface area contributed by atoms with E-state index in [1.807, 2.05) is 24.3 Å². The van der Waals surface area contributed by atoms with Gasteiger partial charge in [-0.1, -0.05) is 28.4 Å². The fourth-order valence-electron chi connectivity index (χ4n) is 3.32. The molecule has 2 nitrogen and oxygen atoms in total. The molecule has 96 valence electrons. The van der Waals surface area contributed by atoms with Gasteiger partial charge in [0.15, 0.2) is 5.11 Å². The van der Waals surface area contributed by atoms with Crippen LogP contribution in [0.25, 0.3) is 0 Å². The van der Waals surface area contributed by atoms with E-state index < -0.39 is 0 Å². The van der Waals surface area contributed by atoms with Crippen molar-refractivity contribution >= 4 is 38.9 Å². The van der Waals surface area contributed by atoms with Crippen LogP contribution in [0, 0.1) is 11.8 Å². The Balaban J connectivity index is 1.56. The Labute approximate surface area is 122 Å². The first-order valence-corrected chi connectivity index (χ1v) is 7.74. The van der Waals surface area contributed by atoms with Crippen molar-refractivity contribution in [1.82, 2.24) is 5.32 Å². The molecule has 0 unspecified atom stereocenters. The highest BCUT2D eigenvalue weighted by molar-refractivity contribution is 9.10. The van der Waals surface area contributed by atoms with E-state index in [9.17, 15) is 0 Å². The van der Waals surface area contributed by atoms with E-state index in [1.165, 1.54) is 25.7 Å². The Morgan fingerprint density at radius 2 is 2.17 bits per heavy atom. The molecular formula is C14H17BrN2S. The maximum atomic E-state index is 5.39. The van der Waals surface area contributed by atoms with Crippen molar-refractivity contribution in [3.8, 4) is 0 Å². The van der Waals surface area contributed by atoms with Crippen molar-refractivity contribution in [2.24, 2.45) is 11.8 Å². The standard InChI is InChI=1S/C14H17BrN2S/c15-11-2-1-3-12(8-11)16-14(18)17-13-7-9-4-5-10(13)6-9/h1-3,8-10,13H,4-7H2,(H2,16,17,18)/t9-,10+,13+/m0/s1. The second-order valence-corrected chi connectivity index (χ2v) is 6.71. The number of thiocarbonyl (C=S) groups is 1. The third-order valence-corrected chi connectivity index (χ3v) is 4.85. The number of fused-ring (bicyclic) bond motifs is 2. The smallest absolute Gasteiger partial charge is 0.171 e. The van der Waals surface area contributed by atoms with Gasteiger partial charge in [0, 0.05) is 16.2 Å². The third-order valence-electron chi connectivity index (χ3n) is 4.14. The van der Waals surface area contributed by atoms with Gasteiger partial charge in [0.05, 0.1) is 0 Å². The van der Waals surface area contributed by atoms with Crippen molar-refractivity contribution in [2.75, 3.05) is 5.32 Å². The molecule has 0 radical (unpaired) electrons. The van der Waals surface area contributed by atoms with Crippen LogP contribution in [0.4, 0.5) is 5.69 Å². The van der Waals surface area contributed by atoms with Crippen LogP contribution in [0.1, 0.15) is 25.7 Å². The number of rotatable bonds is 2. The second kappa shape index (κ2) is 5.17. The lowest BCUT2D eigenvalue weighted by Gasteiger charge is -2.24. The molecule has 1 aromatic carbocycles. The summed E-state index contributed by atoms with van der Waals surface area (Å²) in [5, 5.41) is 7.50. The number of hydrogen-bond acceptors (Lipinski definition) is 1. The Morgan fingerprint density at radius 3 is 2.83 bits per heavy atom. The van der Waals surface area contributed by atoms with Crippen LogP contribution in [-0.4, -0.2) is 11.2 Å². The molecule has 18 heavy (non-hydrogen) atoms. The van der Waals surface area contributed by atoms with Crippen LogP contribution in [0.15, 0.2) is 28.7 Å². The van der Waals surface area contributed by atoms with Crippen molar-refractivity contribution < 1.29 is 0 Å². The molecule has 3 rings (SSSR count). The summed E-state index contributed by atoms with van der Waals surface area (Å²) in [6.45, 7) is 0. The normalized spacial score (nSPS) is 29.3. The molecular weight excluding hydrogens is 308 g/mol. The zero-order chi connectivity index (χ0) is 12.5. The summed E-state index contributed by atoms with van der Waals surface area (Å²) >= 11 is 8.86. The van der Waals surface area contributed by atoms with E-state index in [0.29, 0.717) is 6.04 Å². The van der Waals surface area contributed by atoms with Crippen molar-refractivity contribution in [1.29, 1.82) is 0 Å². The van der Waals surface area contributed by atoms with Gasteiger partial charge in [0.1, 0.15) is 0 Å².